The fourth-order valence-electron chi connectivity index (χ4n) is 1.72. The van der Waals surface area contributed by atoms with Gasteiger partial charge in [0.2, 0.25) is 0 Å². The molecule has 0 aromatic heterocycles. The number of carboxylic acid groups (broad SMARTS) is 1. The van der Waals surface area contributed by atoms with Crippen LogP contribution in [0.5, 0.6) is 0 Å². The van der Waals surface area contributed by atoms with Gasteiger partial charge in [-0.25, -0.2) is 4.79 Å². The van der Waals surface area contributed by atoms with E-state index in [1.54, 1.807) is 31.2 Å². The second-order valence-electron chi connectivity index (χ2n) is 4.28. The molecule has 0 aliphatic heterocycles. The first kappa shape index (κ1) is 15.5. The Labute approximate surface area is 133 Å². The Morgan fingerprint density at radius 1 is 1.29 bits per heavy atom. The quantitative estimate of drug-likeness (QED) is 0.634. The SMILES string of the molecule is Cc1ccc(Sc2ccc(Br)c(C(=O)O)c2)c([N+](=O)[O-])c1. The van der Waals surface area contributed by atoms with Crippen LogP contribution in [-0.2, 0) is 0 Å². The highest BCUT2D eigenvalue weighted by Gasteiger charge is 2.16. The summed E-state index contributed by atoms with van der Waals surface area (Å²) >= 11 is 4.33. The fraction of sp³-hybridized carbons (Fsp3) is 0.0714. The highest BCUT2D eigenvalue weighted by atomic mass is 79.9. The maximum absolute atomic E-state index is 11.1. The monoisotopic (exact) mass is 367 g/mol. The van der Waals surface area contributed by atoms with Crippen molar-refractivity contribution in [3.63, 3.8) is 0 Å². The number of nitro benzene ring substituents is 1. The molecule has 0 unspecified atom stereocenters. The highest BCUT2D eigenvalue weighted by molar-refractivity contribution is 9.10. The molecule has 0 bridgehead atoms. The Morgan fingerprint density at radius 2 is 2.00 bits per heavy atom. The molecule has 0 fully saturated rings. The smallest absolute Gasteiger partial charge is 0.336 e. The molecule has 2 aromatic carbocycles. The summed E-state index contributed by atoms with van der Waals surface area (Å²) in [6.45, 7) is 1.78. The van der Waals surface area contributed by atoms with E-state index in [1.165, 1.54) is 23.9 Å². The first-order chi connectivity index (χ1) is 9.88. The number of carboxylic acids is 1. The zero-order chi connectivity index (χ0) is 15.6. The van der Waals surface area contributed by atoms with Crippen LogP contribution < -0.4 is 0 Å². The van der Waals surface area contributed by atoms with E-state index in [0.29, 0.717) is 14.3 Å². The maximum atomic E-state index is 11.1. The van der Waals surface area contributed by atoms with E-state index in [2.05, 4.69) is 15.9 Å². The Kier molecular flexibility index (Phi) is 4.64. The fourth-order valence-corrected chi connectivity index (χ4v) is 3.07. The third-order valence-electron chi connectivity index (χ3n) is 2.71. The molecule has 21 heavy (non-hydrogen) atoms. The van der Waals surface area contributed by atoms with Crippen molar-refractivity contribution in [3.05, 3.63) is 62.1 Å². The molecule has 7 heteroatoms. The number of benzene rings is 2. The van der Waals surface area contributed by atoms with Gasteiger partial charge in [0.25, 0.3) is 5.69 Å². The molecular weight excluding hydrogens is 358 g/mol. The van der Waals surface area contributed by atoms with E-state index in [1.807, 2.05) is 0 Å². The van der Waals surface area contributed by atoms with Crippen molar-refractivity contribution in [2.75, 3.05) is 0 Å². The summed E-state index contributed by atoms with van der Waals surface area (Å²) in [6, 6.07) is 9.77. The Balaban J connectivity index is 2.41. The third kappa shape index (κ3) is 3.62. The molecule has 0 aliphatic carbocycles. The molecule has 0 spiro atoms. The molecule has 0 atom stereocenters. The Hall–Kier alpha value is -1.86. The predicted octanol–water partition coefficient (Wildman–Crippen LogP) is 4.52. The normalized spacial score (nSPS) is 10.4. The molecule has 0 radical (unpaired) electrons. The zero-order valence-electron chi connectivity index (χ0n) is 10.9. The van der Waals surface area contributed by atoms with Gasteiger partial charge in [-0.2, -0.15) is 0 Å². The minimum atomic E-state index is -1.05. The van der Waals surface area contributed by atoms with E-state index in [9.17, 15) is 14.9 Å². The largest absolute Gasteiger partial charge is 0.478 e. The van der Waals surface area contributed by atoms with Crippen molar-refractivity contribution in [2.45, 2.75) is 16.7 Å². The van der Waals surface area contributed by atoms with Gasteiger partial charge in [-0.15, -0.1) is 0 Å². The van der Waals surface area contributed by atoms with Gasteiger partial charge in [-0.05, 0) is 52.7 Å². The first-order valence-electron chi connectivity index (χ1n) is 5.84. The number of nitro groups is 1. The standard InChI is InChI=1S/C14H10BrNO4S/c1-8-2-5-13(12(6-8)16(19)20)21-9-3-4-11(15)10(7-9)14(17)18/h2-7H,1H3,(H,17,18). The van der Waals surface area contributed by atoms with Crippen LogP contribution in [-0.4, -0.2) is 16.0 Å². The molecule has 0 amide bonds. The summed E-state index contributed by atoms with van der Waals surface area (Å²) in [5.41, 5.74) is 0.933. The molecule has 1 N–H and O–H groups in total. The predicted molar refractivity (Wildman–Crippen MR) is 83.1 cm³/mol. The third-order valence-corrected chi connectivity index (χ3v) is 4.45. The number of hydrogen-bond acceptors (Lipinski definition) is 4. The first-order valence-corrected chi connectivity index (χ1v) is 7.45. The maximum Gasteiger partial charge on any atom is 0.336 e. The van der Waals surface area contributed by atoms with Crippen molar-refractivity contribution in [3.8, 4) is 0 Å². The molecular formula is C14H10BrNO4S. The average molecular weight is 368 g/mol. The summed E-state index contributed by atoms with van der Waals surface area (Å²) in [6.07, 6.45) is 0. The van der Waals surface area contributed by atoms with Crippen LogP contribution in [0.4, 0.5) is 5.69 Å². The number of hydrogen-bond donors (Lipinski definition) is 1. The molecule has 0 aliphatic rings. The van der Waals surface area contributed by atoms with E-state index >= 15 is 0 Å². The van der Waals surface area contributed by atoms with Gasteiger partial charge in [0.15, 0.2) is 0 Å². The van der Waals surface area contributed by atoms with E-state index < -0.39 is 10.9 Å². The molecule has 108 valence electrons. The van der Waals surface area contributed by atoms with Crippen molar-refractivity contribution in [1.29, 1.82) is 0 Å². The van der Waals surface area contributed by atoms with Gasteiger partial charge in [0, 0.05) is 15.4 Å². The Morgan fingerprint density at radius 3 is 2.62 bits per heavy atom. The molecule has 2 aromatic rings. The van der Waals surface area contributed by atoms with Crippen LogP contribution in [0.25, 0.3) is 0 Å². The van der Waals surface area contributed by atoms with Crippen LogP contribution in [0, 0.1) is 17.0 Å². The lowest BCUT2D eigenvalue weighted by Gasteiger charge is -2.06. The summed E-state index contributed by atoms with van der Waals surface area (Å²) in [7, 11) is 0. The van der Waals surface area contributed by atoms with Gasteiger partial charge in [-0.1, -0.05) is 17.8 Å². The van der Waals surface area contributed by atoms with Crippen molar-refractivity contribution in [2.24, 2.45) is 0 Å². The molecule has 0 saturated carbocycles. The van der Waals surface area contributed by atoms with Crippen molar-refractivity contribution < 1.29 is 14.8 Å². The minimum Gasteiger partial charge on any atom is -0.478 e. The van der Waals surface area contributed by atoms with E-state index in [-0.39, 0.29) is 11.3 Å². The summed E-state index contributed by atoms with van der Waals surface area (Å²) in [4.78, 5) is 22.8. The van der Waals surface area contributed by atoms with Crippen molar-refractivity contribution >= 4 is 39.3 Å². The van der Waals surface area contributed by atoms with Gasteiger partial charge < -0.3 is 5.11 Å². The zero-order valence-corrected chi connectivity index (χ0v) is 13.3. The number of nitrogens with zero attached hydrogens (tertiary/aromatic N) is 1. The van der Waals surface area contributed by atoms with Crippen LogP contribution in [0.15, 0.2) is 50.7 Å². The second kappa shape index (κ2) is 6.28. The van der Waals surface area contributed by atoms with Crippen LogP contribution in [0.2, 0.25) is 0 Å². The van der Waals surface area contributed by atoms with Crippen LogP contribution in [0.1, 0.15) is 15.9 Å². The number of aryl methyl sites for hydroxylation is 1. The van der Waals surface area contributed by atoms with Gasteiger partial charge in [0.1, 0.15) is 0 Å². The van der Waals surface area contributed by atoms with Crippen molar-refractivity contribution in [1.82, 2.24) is 0 Å². The number of carbonyl (C=O) groups is 1. The summed E-state index contributed by atoms with van der Waals surface area (Å²) in [5, 5.41) is 20.2. The van der Waals surface area contributed by atoms with Gasteiger partial charge >= 0.3 is 5.97 Å². The number of rotatable bonds is 4. The van der Waals surface area contributed by atoms with Gasteiger partial charge in [-0.3, -0.25) is 10.1 Å². The average Bonchev–Trinajstić information content (AvgIpc) is 2.42. The molecule has 2 rings (SSSR count). The topological polar surface area (TPSA) is 80.4 Å². The highest BCUT2D eigenvalue weighted by Crippen LogP contribution is 2.36. The van der Waals surface area contributed by atoms with E-state index in [4.69, 9.17) is 5.11 Å². The summed E-state index contributed by atoms with van der Waals surface area (Å²) < 4.78 is 0.470. The number of aromatic carboxylic acids is 1. The van der Waals surface area contributed by atoms with Crippen LogP contribution in [0.3, 0.4) is 0 Å². The molecule has 0 heterocycles. The lowest BCUT2D eigenvalue weighted by Crippen LogP contribution is -1.97. The second-order valence-corrected chi connectivity index (χ2v) is 6.25. The lowest BCUT2D eigenvalue weighted by molar-refractivity contribution is -0.387. The molecule has 5 nitrogen and oxygen atoms in total. The Bertz CT molecular complexity index is 733. The van der Waals surface area contributed by atoms with E-state index in [0.717, 1.165) is 5.56 Å². The van der Waals surface area contributed by atoms with Crippen LogP contribution >= 0.6 is 27.7 Å². The number of halogens is 1. The molecule has 0 saturated heterocycles. The van der Waals surface area contributed by atoms with Gasteiger partial charge in [0.05, 0.1) is 15.4 Å². The minimum absolute atomic E-state index is 0.0137. The lowest BCUT2D eigenvalue weighted by atomic mass is 10.2. The summed E-state index contributed by atoms with van der Waals surface area (Å²) in [5.74, 6) is -1.05.